The second kappa shape index (κ2) is 7.85. The van der Waals surface area contributed by atoms with Crippen LogP contribution in [-0.2, 0) is 4.57 Å². The molecule has 3 saturated carbocycles. The molecule has 6 atom stereocenters. The van der Waals surface area contributed by atoms with Gasteiger partial charge in [0.1, 0.15) is 0 Å². The minimum absolute atomic E-state index is 0.567. The molecular formula is C22H41OP. The van der Waals surface area contributed by atoms with Crippen molar-refractivity contribution >= 4 is 7.14 Å². The fourth-order valence-corrected chi connectivity index (χ4v) is 11.5. The van der Waals surface area contributed by atoms with Crippen LogP contribution < -0.4 is 0 Å². The van der Waals surface area contributed by atoms with E-state index < -0.39 is 7.14 Å². The first kappa shape index (κ1) is 19.0. The monoisotopic (exact) mass is 352 g/mol. The highest BCUT2D eigenvalue weighted by molar-refractivity contribution is 7.66. The molecule has 0 N–H and O–H groups in total. The van der Waals surface area contributed by atoms with E-state index in [4.69, 9.17) is 0 Å². The fraction of sp³-hybridized carbons (Fsp3) is 1.00. The summed E-state index contributed by atoms with van der Waals surface area (Å²) in [5, 5.41) is 0. The fourth-order valence-electron chi connectivity index (χ4n) is 6.15. The van der Waals surface area contributed by atoms with E-state index in [-0.39, 0.29) is 0 Å². The van der Waals surface area contributed by atoms with Crippen LogP contribution in [0.5, 0.6) is 0 Å². The van der Waals surface area contributed by atoms with Gasteiger partial charge in [-0.15, -0.1) is 0 Å². The molecule has 0 saturated heterocycles. The van der Waals surface area contributed by atoms with Crippen molar-refractivity contribution in [1.29, 1.82) is 0 Å². The van der Waals surface area contributed by atoms with Crippen LogP contribution in [0.2, 0.25) is 0 Å². The largest absolute Gasteiger partial charge is 0.323 e. The van der Waals surface area contributed by atoms with Gasteiger partial charge in [-0.2, -0.15) is 0 Å². The molecule has 140 valence electrons. The highest BCUT2D eigenvalue weighted by Crippen LogP contribution is 2.69. The summed E-state index contributed by atoms with van der Waals surface area (Å²) < 4.78 is 14.8. The minimum atomic E-state index is -2.07. The Balaban J connectivity index is 1.84. The van der Waals surface area contributed by atoms with Crippen molar-refractivity contribution in [3.05, 3.63) is 0 Å². The second-order valence-corrected chi connectivity index (χ2v) is 13.6. The first-order valence-electron chi connectivity index (χ1n) is 11.0. The van der Waals surface area contributed by atoms with Gasteiger partial charge in [0.05, 0.1) is 7.14 Å². The molecule has 0 aromatic heterocycles. The molecule has 0 spiro atoms. The highest BCUT2D eigenvalue weighted by Gasteiger charge is 2.49. The summed E-state index contributed by atoms with van der Waals surface area (Å²) in [5.74, 6) is 3.24. The predicted molar refractivity (Wildman–Crippen MR) is 106 cm³/mol. The van der Waals surface area contributed by atoms with Crippen LogP contribution in [0.1, 0.15) is 98.3 Å². The molecule has 0 bridgehead atoms. The minimum Gasteiger partial charge on any atom is -0.323 e. The number of hydrogen-bond donors (Lipinski definition) is 0. The van der Waals surface area contributed by atoms with Crippen LogP contribution in [0.15, 0.2) is 0 Å². The van der Waals surface area contributed by atoms with E-state index in [0.717, 1.165) is 23.7 Å². The third-order valence-corrected chi connectivity index (χ3v) is 13.3. The molecule has 0 aliphatic heterocycles. The molecule has 0 radical (unpaired) electrons. The Bertz CT molecular complexity index is 423. The van der Waals surface area contributed by atoms with E-state index in [0.29, 0.717) is 17.0 Å². The zero-order valence-electron chi connectivity index (χ0n) is 16.7. The lowest BCUT2D eigenvalue weighted by Crippen LogP contribution is -2.36. The van der Waals surface area contributed by atoms with E-state index in [9.17, 15) is 4.57 Å². The summed E-state index contributed by atoms with van der Waals surface area (Å²) in [6.07, 6.45) is 14.3. The van der Waals surface area contributed by atoms with E-state index >= 15 is 0 Å². The second-order valence-electron chi connectivity index (χ2n) is 9.90. The Morgan fingerprint density at radius 2 is 1.00 bits per heavy atom. The lowest BCUT2D eigenvalue weighted by Gasteiger charge is -2.47. The van der Waals surface area contributed by atoms with Gasteiger partial charge in [-0.1, -0.05) is 47.0 Å². The molecule has 3 fully saturated rings. The summed E-state index contributed by atoms with van der Waals surface area (Å²) in [7, 11) is -2.07. The van der Waals surface area contributed by atoms with Crippen molar-refractivity contribution in [3.63, 3.8) is 0 Å². The smallest absolute Gasteiger partial charge is 0.0965 e. The van der Waals surface area contributed by atoms with Crippen molar-refractivity contribution in [3.8, 4) is 0 Å². The van der Waals surface area contributed by atoms with Gasteiger partial charge in [0.15, 0.2) is 0 Å². The molecule has 3 rings (SSSR count). The normalized spacial score (nSPS) is 44.8. The average molecular weight is 353 g/mol. The van der Waals surface area contributed by atoms with Crippen molar-refractivity contribution in [2.75, 3.05) is 0 Å². The van der Waals surface area contributed by atoms with Crippen LogP contribution in [0, 0.1) is 23.7 Å². The molecule has 3 aliphatic carbocycles. The molecule has 2 heteroatoms. The van der Waals surface area contributed by atoms with Gasteiger partial charge >= 0.3 is 0 Å². The first-order valence-corrected chi connectivity index (χ1v) is 12.9. The zero-order valence-corrected chi connectivity index (χ0v) is 17.6. The maximum atomic E-state index is 14.8. The van der Waals surface area contributed by atoms with Crippen LogP contribution >= 0.6 is 7.14 Å². The first-order chi connectivity index (χ1) is 11.4. The lowest BCUT2D eigenvalue weighted by molar-refractivity contribution is 0.258. The number of rotatable bonds is 3. The van der Waals surface area contributed by atoms with Crippen molar-refractivity contribution in [2.45, 2.75) is 115 Å². The third kappa shape index (κ3) is 3.67. The summed E-state index contributed by atoms with van der Waals surface area (Å²) >= 11 is 0. The molecule has 0 aromatic carbocycles. The van der Waals surface area contributed by atoms with Crippen LogP contribution in [0.25, 0.3) is 0 Å². The van der Waals surface area contributed by atoms with Crippen molar-refractivity contribution < 1.29 is 4.57 Å². The molecule has 0 amide bonds. The summed E-state index contributed by atoms with van der Waals surface area (Å²) in [4.78, 5) is 0. The maximum Gasteiger partial charge on any atom is 0.0965 e. The summed E-state index contributed by atoms with van der Waals surface area (Å²) in [5.41, 5.74) is 1.72. The zero-order chi connectivity index (χ0) is 17.3. The molecule has 1 nitrogen and oxygen atoms in total. The quantitative estimate of drug-likeness (QED) is 0.486. The van der Waals surface area contributed by atoms with Crippen LogP contribution in [0.3, 0.4) is 0 Å². The van der Waals surface area contributed by atoms with E-state index in [2.05, 4.69) is 27.7 Å². The molecule has 24 heavy (non-hydrogen) atoms. The van der Waals surface area contributed by atoms with E-state index in [1.54, 1.807) is 0 Å². The van der Waals surface area contributed by atoms with E-state index in [1.165, 1.54) is 70.6 Å². The van der Waals surface area contributed by atoms with Crippen LogP contribution in [-0.4, -0.2) is 17.0 Å². The Morgan fingerprint density at radius 3 is 1.42 bits per heavy atom. The Labute approximate surface area is 151 Å². The molecule has 3 aliphatic rings. The molecule has 0 aromatic rings. The van der Waals surface area contributed by atoms with Gasteiger partial charge in [0.2, 0.25) is 0 Å². The topological polar surface area (TPSA) is 17.1 Å². The summed E-state index contributed by atoms with van der Waals surface area (Å²) in [6, 6.07) is 0. The van der Waals surface area contributed by atoms with Gasteiger partial charge < -0.3 is 4.57 Å². The van der Waals surface area contributed by atoms with Gasteiger partial charge in [-0.25, -0.2) is 0 Å². The van der Waals surface area contributed by atoms with Crippen molar-refractivity contribution in [1.82, 2.24) is 0 Å². The van der Waals surface area contributed by atoms with Crippen LogP contribution in [0.4, 0.5) is 0 Å². The third-order valence-electron chi connectivity index (χ3n) is 8.43. The Hall–Kier alpha value is 0.230. The Morgan fingerprint density at radius 1 is 0.542 bits per heavy atom. The predicted octanol–water partition coefficient (Wildman–Crippen LogP) is 7.33. The molecular weight excluding hydrogens is 311 g/mol. The van der Waals surface area contributed by atoms with Gasteiger partial charge in [0.25, 0.3) is 0 Å². The Kier molecular flexibility index (Phi) is 6.22. The molecule has 6 unspecified atom stereocenters. The SMILES string of the molecule is CC1CCC(P(=O)(C2CCCCC2)C2CCC(C)C(C)C2)CC1C. The lowest BCUT2D eigenvalue weighted by atomic mass is 9.81. The molecule has 0 heterocycles. The van der Waals surface area contributed by atoms with Gasteiger partial charge in [-0.3, -0.25) is 0 Å². The standard InChI is InChI=1S/C22H41OP/c1-16-10-12-21(14-18(16)3)24(23,20-8-6-5-7-9-20)22-13-11-17(2)19(4)15-22/h16-22H,5-15H2,1-4H3. The van der Waals surface area contributed by atoms with Gasteiger partial charge in [-0.05, 0) is 75.0 Å². The van der Waals surface area contributed by atoms with Gasteiger partial charge in [0, 0.05) is 17.0 Å². The summed E-state index contributed by atoms with van der Waals surface area (Å²) in [6.45, 7) is 9.68. The highest BCUT2D eigenvalue weighted by atomic mass is 31.2. The average Bonchev–Trinajstić information content (AvgIpc) is 2.60. The maximum absolute atomic E-state index is 14.8. The number of hydrogen-bond acceptors (Lipinski definition) is 1. The van der Waals surface area contributed by atoms with E-state index in [1.807, 2.05) is 0 Å². The van der Waals surface area contributed by atoms with Crippen molar-refractivity contribution in [2.24, 2.45) is 23.7 Å².